The van der Waals surface area contributed by atoms with Gasteiger partial charge in [0.1, 0.15) is 5.15 Å². The molecule has 0 spiro atoms. The average Bonchev–Trinajstić information content (AvgIpc) is 2.99. The fourth-order valence-corrected chi connectivity index (χ4v) is 3.57. The summed E-state index contributed by atoms with van der Waals surface area (Å²) in [5, 5.41) is 5.67. The van der Waals surface area contributed by atoms with Gasteiger partial charge in [0, 0.05) is 6.20 Å². The molecule has 23 heavy (non-hydrogen) atoms. The Balaban J connectivity index is 2.04. The van der Waals surface area contributed by atoms with Gasteiger partial charge >= 0.3 is 0 Å². The van der Waals surface area contributed by atoms with Crippen molar-refractivity contribution in [3.63, 3.8) is 0 Å². The number of primary sulfonamides is 1. The van der Waals surface area contributed by atoms with E-state index in [1.54, 1.807) is 18.3 Å². The fraction of sp³-hybridized carbons (Fsp3) is 0.235. The molecule has 0 aliphatic heterocycles. The lowest BCUT2D eigenvalue weighted by Crippen LogP contribution is -2.11. The van der Waals surface area contributed by atoms with Gasteiger partial charge in [-0.05, 0) is 72.2 Å². The van der Waals surface area contributed by atoms with Crippen molar-refractivity contribution in [3.8, 4) is 0 Å². The molecule has 0 saturated heterocycles. The van der Waals surface area contributed by atoms with E-state index in [1.807, 2.05) is 19.1 Å². The van der Waals surface area contributed by atoms with E-state index in [-0.39, 0.29) is 4.90 Å². The second kappa shape index (κ2) is 6.07. The van der Waals surface area contributed by atoms with Gasteiger partial charge in [0.15, 0.2) is 0 Å². The third-order valence-electron chi connectivity index (χ3n) is 4.11. The molecular weight excluding hydrogens is 332 g/mol. The second-order valence-electron chi connectivity index (χ2n) is 5.71. The molecule has 0 radical (unpaired) electrons. The molecule has 3 rings (SSSR count). The zero-order chi connectivity index (χ0) is 16.6. The average molecular weight is 349 g/mol. The molecule has 1 aromatic heterocycles. The van der Waals surface area contributed by atoms with Crippen molar-refractivity contribution in [3.05, 3.63) is 58.4 Å². The van der Waals surface area contributed by atoms with Crippen LogP contribution < -0.4 is 5.14 Å². The number of rotatable bonds is 3. The van der Waals surface area contributed by atoms with Gasteiger partial charge in [-0.2, -0.15) is 0 Å². The molecule has 1 aromatic carbocycles. The number of nitrogens with two attached hydrogens (primary N) is 1. The highest BCUT2D eigenvalue weighted by atomic mass is 35.5. The number of sulfonamides is 1. The van der Waals surface area contributed by atoms with E-state index >= 15 is 0 Å². The van der Waals surface area contributed by atoms with E-state index < -0.39 is 10.0 Å². The lowest BCUT2D eigenvalue weighted by atomic mass is 9.97. The van der Waals surface area contributed by atoms with Crippen molar-refractivity contribution in [2.45, 2.75) is 31.1 Å². The van der Waals surface area contributed by atoms with Gasteiger partial charge in [-0.3, -0.25) is 0 Å². The molecule has 6 heteroatoms. The number of halogens is 1. The topological polar surface area (TPSA) is 73.1 Å². The minimum atomic E-state index is -3.66. The van der Waals surface area contributed by atoms with Crippen molar-refractivity contribution in [2.24, 2.45) is 5.14 Å². The Hall–Kier alpha value is -1.69. The molecule has 2 N–H and O–H groups in total. The highest BCUT2D eigenvalue weighted by molar-refractivity contribution is 7.89. The molecule has 1 aliphatic carbocycles. The van der Waals surface area contributed by atoms with Gasteiger partial charge in [0.05, 0.1) is 4.90 Å². The van der Waals surface area contributed by atoms with Crippen LogP contribution in [0.4, 0.5) is 0 Å². The first kappa shape index (κ1) is 16.2. The van der Waals surface area contributed by atoms with Crippen LogP contribution in [0.25, 0.3) is 11.1 Å². The van der Waals surface area contributed by atoms with E-state index in [2.05, 4.69) is 11.1 Å². The van der Waals surface area contributed by atoms with Gasteiger partial charge in [-0.1, -0.05) is 23.7 Å². The summed E-state index contributed by atoms with van der Waals surface area (Å²) in [6.07, 6.45) is 4.82. The molecule has 0 fully saturated rings. The summed E-state index contributed by atoms with van der Waals surface area (Å²) in [6, 6.07) is 8.79. The SMILES string of the molecule is Cc1cc(C2=C(c3ccc(S(N)(=O)=O)cc3)CCC2)cnc1Cl. The van der Waals surface area contributed by atoms with Crippen LogP contribution in [0.15, 0.2) is 41.4 Å². The summed E-state index contributed by atoms with van der Waals surface area (Å²) in [6.45, 7) is 1.94. The summed E-state index contributed by atoms with van der Waals surface area (Å²) in [5.74, 6) is 0. The largest absolute Gasteiger partial charge is 0.244 e. The standard InChI is InChI=1S/C17H17ClN2O2S/c1-11-9-13(10-20-17(11)18)16-4-2-3-15(16)12-5-7-14(8-6-12)23(19,21)22/h5-10H,2-4H2,1H3,(H2,19,21,22). The van der Waals surface area contributed by atoms with Crippen LogP contribution in [-0.4, -0.2) is 13.4 Å². The minimum absolute atomic E-state index is 0.130. The summed E-state index contributed by atoms with van der Waals surface area (Å²) in [7, 11) is -3.66. The van der Waals surface area contributed by atoms with Crippen LogP contribution in [-0.2, 0) is 10.0 Å². The van der Waals surface area contributed by atoms with Gasteiger partial charge in [0.2, 0.25) is 10.0 Å². The van der Waals surface area contributed by atoms with Crippen LogP contribution >= 0.6 is 11.6 Å². The highest BCUT2D eigenvalue weighted by Gasteiger charge is 2.19. The van der Waals surface area contributed by atoms with Crippen LogP contribution in [0.2, 0.25) is 5.15 Å². The molecule has 2 aromatic rings. The van der Waals surface area contributed by atoms with Crippen molar-refractivity contribution < 1.29 is 8.42 Å². The van der Waals surface area contributed by atoms with E-state index in [4.69, 9.17) is 16.7 Å². The number of hydrogen-bond donors (Lipinski definition) is 1. The summed E-state index contributed by atoms with van der Waals surface area (Å²) >= 11 is 6.00. The number of nitrogens with zero attached hydrogens (tertiary/aromatic N) is 1. The maximum atomic E-state index is 11.4. The zero-order valence-corrected chi connectivity index (χ0v) is 14.3. The van der Waals surface area contributed by atoms with E-state index in [0.717, 1.165) is 36.0 Å². The number of allylic oxidation sites excluding steroid dienone is 2. The smallest absolute Gasteiger partial charge is 0.238 e. The molecule has 120 valence electrons. The van der Waals surface area contributed by atoms with Crippen molar-refractivity contribution in [1.82, 2.24) is 4.98 Å². The second-order valence-corrected chi connectivity index (χ2v) is 7.63. The Morgan fingerprint density at radius 1 is 1.09 bits per heavy atom. The normalized spacial score (nSPS) is 15.3. The predicted octanol–water partition coefficient (Wildman–Crippen LogP) is 3.79. The van der Waals surface area contributed by atoms with Crippen molar-refractivity contribution >= 4 is 32.8 Å². The lowest BCUT2D eigenvalue weighted by molar-refractivity contribution is 0.598. The van der Waals surface area contributed by atoms with E-state index in [9.17, 15) is 8.42 Å². The highest BCUT2D eigenvalue weighted by Crippen LogP contribution is 2.40. The maximum Gasteiger partial charge on any atom is 0.238 e. The third-order valence-corrected chi connectivity index (χ3v) is 5.44. The third kappa shape index (κ3) is 3.32. The first-order valence-corrected chi connectivity index (χ1v) is 9.26. The summed E-state index contributed by atoms with van der Waals surface area (Å²) in [4.78, 5) is 4.36. The maximum absolute atomic E-state index is 11.4. The Kier molecular flexibility index (Phi) is 4.27. The van der Waals surface area contributed by atoms with Crippen LogP contribution in [0.1, 0.15) is 36.0 Å². The molecule has 1 heterocycles. The summed E-state index contributed by atoms with van der Waals surface area (Å²) < 4.78 is 22.7. The molecule has 0 unspecified atom stereocenters. The molecule has 4 nitrogen and oxygen atoms in total. The lowest BCUT2D eigenvalue weighted by Gasteiger charge is -2.10. The van der Waals surface area contributed by atoms with Crippen molar-refractivity contribution in [2.75, 3.05) is 0 Å². The van der Waals surface area contributed by atoms with E-state index in [1.165, 1.54) is 11.1 Å². The number of aryl methyl sites for hydroxylation is 1. The molecule has 0 bridgehead atoms. The molecule has 0 atom stereocenters. The number of aromatic nitrogens is 1. The fourth-order valence-electron chi connectivity index (χ4n) is 2.95. The molecule has 1 aliphatic rings. The minimum Gasteiger partial charge on any atom is -0.244 e. The molecular formula is C17H17ClN2O2S. The van der Waals surface area contributed by atoms with Crippen LogP contribution in [0.5, 0.6) is 0 Å². The van der Waals surface area contributed by atoms with Crippen molar-refractivity contribution in [1.29, 1.82) is 0 Å². The number of hydrogen-bond acceptors (Lipinski definition) is 3. The Morgan fingerprint density at radius 3 is 2.26 bits per heavy atom. The Morgan fingerprint density at radius 2 is 1.70 bits per heavy atom. The van der Waals surface area contributed by atoms with Gasteiger partial charge < -0.3 is 0 Å². The Bertz CT molecular complexity index is 887. The van der Waals surface area contributed by atoms with Crippen LogP contribution in [0.3, 0.4) is 0 Å². The number of benzene rings is 1. The first-order chi connectivity index (χ1) is 10.9. The van der Waals surface area contributed by atoms with Gasteiger partial charge in [-0.15, -0.1) is 0 Å². The van der Waals surface area contributed by atoms with Gasteiger partial charge in [-0.25, -0.2) is 18.5 Å². The zero-order valence-electron chi connectivity index (χ0n) is 12.7. The first-order valence-electron chi connectivity index (χ1n) is 7.34. The molecule has 0 amide bonds. The number of pyridine rings is 1. The monoisotopic (exact) mass is 348 g/mol. The van der Waals surface area contributed by atoms with E-state index in [0.29, 0.717) is 5.15 Å². The Labute approximate surface area is 141 Å². The van der Waals surface area contributed by atoms with Crippen LogP contribution in [0, 0.1) is 6.92 Å². The summed E-state index contributed by atoms with van der Waals surface area (Å²) in [5.41, 5.74) is 5.54. The predicted molar refractivity (Wildman–Crippen MR) is 92.5 cm³/mol. The quantitative estimate of drug-likeness (QED) is 0.858. The van der Waals surface area contributed by atoms with Gasteiger partial charge in [0.25, 0.3) is 0 Å². The molecule has 0 saturated carbocycles.